The van der Waals surface area contributed by atoms with Gasteiger partial charge in [-0.25, -0.2) is 4.98 Å². The van der Waals surface area contributed by atoms with Crippen LogP contribution in [0.3, 0.4) is 0 Å². The molecule has 0 aliphatic rings. The molecular formula is C33H23N6Pt-3. The van der Waals surface area contributed by atoms with Gasteiger partial charge in [0.05, 0.1) is 11.0 Å². The van der Waals surface area contributed by atoms with Crippen molar-refractivity contribution in [1.82, 2.24) is 19.4 Å². The fourth-order valence-corrected chi connectivity index (χ4v) is 5.37. The summed E-state index contributed by atoms with van der Waals surface area (Å²) in [5.74, 6) is 0.670. The van der Waals surface area contributed by atoms with Crippen LogP contribution >= 0.6 is 0 Å². The SMILES string of the molecule is CC(=[N-])NC(C)=Nc1[c-]c(-n2c3ccccc3c3cc4c5ccccc5n(-c5[c-]cccc5)c4nc32)ccc1.[Pt]. The van der Waals surface area contributed by atoms with Gasteiger partial charge in [-0.1, -0.05) is 53.6 Å². The second-order valence-electron chi connectivity index (χ2n) is 9.51. The van der Waals surface area contributed by atoms with Crippen LogP contribution in [0, 0.1) is 12.1 Å². The van der Waals surface area contributed by atoms with E-state index in [1.807, 2.05) is 42.5 Å². The molecule has 0 bridgehead atoms. The molecule has 3 heterocycles. The first-order valence-electron chi connectivity index (χ1n) is 12.8. The van der Waals surface area contributed by atoms with Crippen LogP contribution in [0.2, 0.25) is 0 Å². The van der Waals surface area contributed by atoms with Crippen molar-refractivity contribution in [2.75, 3.05) is 0 Å². The van der Waals surface area contributed by atoms with Crippen molar-refractivity contribution in [3.8, 4) is 11.4 Å². The van der Waals surface area contributed by atoms with Crippen LogP contribution < -0.4 is 5.32 Å². The van der Waals surface area contributed by atoms with Gasteiger partial charge in [0, 0.05) is 48.4 Å². The smallest absolute Gasteiger partial charge is 0.146 e. The van der Waals surface area contributed by atoms with Crippen LogP contribution in [-0.4, -0.2) is 25.8 Å². The van der Waals surface area contributed by atoms with Gasteiger partial charge in [0.2, 0.25) is 0 Å². The summed E-state index contributed by atoms with van der Waals surface area (Å²) in [4.78, 5) is 9.93. The van der Waals surface area contributed by atoms with Crippen molar-refractivity contribution in [3.05, 3.63) is 115 Å². The molecule has 0 aliphatic heterocycles. The largest absolute Gasteiger partial charge is 0.469 e. The van der Waals surface area contributed by atoms with E-state index in [-0.39, 0.29) is 26.9 Å². The number of fused-ring (bicyclic) bond motifs is 6. The van der Waals surface area contributed by atoms with E-state index in [2.05, 4.69) is 86.2 Å². The molecule has 7 heteroatoms. The van der Waals surface area contributed by atoms with Crippen LogP contribution in [-0.2, 0) is 21.1 Å². The molecule has 7 rings (SSSR count). The second-order valence-corrected chi connectivity index (χ2v) is 9.51. The van der Waals surface area contributed by atoms with Crippen molar-refractivity contribution >= 4 is 61.2 Å². The van der Waals surface area contributed by atoms with Gasteiger partial charge in [0.15, 0.2) is 0 Å². The Hall–Kier alpha value is -4.54. The van der Waals surface area contributed by atoms with E-state index < -0.39 is 0 Å². The second kappa shape index (κ2) is 10.2. The van der Waals surface area contributed by atoms with Crippen LogP contribution in [0.5, 0.6) is 0 Å². The molecule has 0 aliphatic carbocycles. The van der Waals surface area contributed by atoms with Crippen LogP contribution in [0.1, 0.15) is 13.8 Å². The minimum absolute atomic E-state index is 0. The van der Waals surface area contributed by atoms with Crippen molar-refractivity contribution < 1.29 is 21.1 Å². The molecule has 0 fully saturated rings. The van der Waals surface area contributed by atoms with Gasteiger partial charge in [-0.3, -0.25) is 4.99 Å². The number of nitrogens with zero attached hydrogens (tertiary/aromatic N) is 5. The zero-order chi connectivity index (χ0) is 26.5. The third-order valence-electron chi connectivity index (χ3n) is 6.86. The first-order chi connectivity index (χ1) is 19.1. The van der Waals surface area contributed by atoms with E-state index >= 15 is 0 Å². The molecule has 3 aromatic heterocycles. The van der Waals surface area contributed by atoms with Gasteiger partial charge < -0.3 is 19.9 Å². The first-order valence-corrected chi connectivity index (χ1v) is 12.8. The number of aliphatic imine (C=N–C) groups is 1. The molecule has 0 atom stereocenters. The topological polar surface area (TPSA) is 69.4 Å². The van der Waals surface area contributed by atoms with Crippen LogP contribution in [0.4, 0.5) is 5.69 Å². The fourth-order valence-electron chi connectivity index (χ4n) is 5.37. The number of aromatic nitrogens is 3. The summed E-state index contributed by atoms with van der Waals surface area (Å²) < 4.78 is 4.32. The normalized spacial score (nSPS) is 11.8. The minimum Gasteiger partial charge on any atom is -0.469 e. The fraction of sp³-hybridized carbons (Fsp3) is 0.0606. The van der Waals surface area contributed by atoms with Gasteiger partial charge in [-0.2, -0.15) is 30.3 Å². The molecule has 0 saturated carbocycles. The van der Waals surface area contributed by atoms with E-state index in [9.17, 15) is 5.41 Å². The Morgan fingerprint density at radius 2 is 1.35 bits per heavy atom. The summed E-state index contributed by atoms with van der Waals surface area (Å²) in [6.07, 6.45) is 0. The van der Waals surface area contributed by atoms with Gasteiger partial charge in [0.25, 0.3) is 0 Å². The molecule has 0 saturated heterocycles. The Morgan fingerprint density at radius 3 is 1.98 bits per heavy atom. The van der Waals surface area contributed by atoms with Gasteiger partial charge in [0.1, 0.15) is 11.3 Å². The molecule has 40 heavy (non-hydrogen) atoms. The number of hydrogen-bond donors (Lipinski definition) is 1. The molecule has 0 unspecified atom stereocenters. The molecule has 0 radical (unpaired) electrons. The summed E-state index contributed by atoms with van der Waals surface area (Å²) in [7, 11) is 0. The number of nitrogens with one attached hydrogen (secondary N) is 1. The zero-order valence-corrected chi connectivity index (χ0v) is 24.1. The number of amidine groups is 2. The molecule has 1 N–H and O–H groups in total. The van der Waals surface area contributed by atoms with E-state index in [4.69, 9.17) is 4.98 Å². The number of pyridine rings is 1. The molecule has 0 spiro atoms. The summed E-state index contributed by atoms with van der Waals surface area (Å²) in [5.41, 5.74) is 6.28. The van der Waals surface area contributed by atoms with E-state index in [1.54, 1.807) is 13.8 Å². The Balaban J connectivity index is 0.00000289. The number of rotatable bonds is 3. The molecule has 0 amide bonds. The van der Waals surface area contributed by atoms with Crippen molar-refractivity contribution in [2.24, 2.45) is 4.99 Å². The molecular weight excluding hydrogens is 675 g/mol. The Bertz CT molecular complexity index is 2090. The number of para-hydroxylation sites is 3. The van der Waals surface area contributed by atoms with Gasteiger partial charge >= 0.3 is 0 Å². The van der Waals surface area contributed by atoms with Crippen molar-refractivity contribution in [3.63, 3.8) is 0 Å². The van der Waals surface area contributed by atoms with Crippen LogP contribution in [0.15, 0.2) is 102 Å². The number of hydrogen-bond acceptors (Lipinski definition) is 2. The van der Waals surface area contributed by atoms with E-state index in [0.29, 0.717) is 11.5 Å². The Kier molecular flexibility index (Phi) is 6.57. The van der Waals surface area contributed by atoms with E-state index in [0.717, 1.165) is 55.2 Å². The van der Waals surface area contributed by atoms with Gasteiger partial charge in [-0.15, -0.1) is 24.3 Å². The maximum absolute atomic E-state index is 9.58. The van der Waals surface area contributed by atoms with Gasteiger partial charge in [-0.05, 0) is 37.7 Å². The summed E-state index contributed by atoms with van der Waals surface area (Å²) >= 11 is 0. The maximum Gasteiger partial charge on any atom is 0.146 e. The molecule has 6 nitrogen and oxygen atoms in total. The minimum atomic E-state index is 0. The third kappa shape index (κ3) is 4.21. The Morgan fingerprint density at radius 1 is 0.750 bits per heavy atom. The van der Waals surface area contributed by atoms with Crippen LogP contribution in [0.25, 0.3) is 60.7 Å². The standard InChI is InChI=1S/C33H23N6.Pt/c1-21(34)35-22(2)36-23-11-10-14-25(19-23)39-31-18-9-7-16-27(31)29-20-28-26-15-6-8-17-30(26)38(32(28)37-33(29)39)24-12-4-3-5-13-24;/h3-12,14-18,20H,1-2H3,(H-,34,35,36);/q-3;. The zero-order valence-electron chi connectivity index (χ0n) is 21.8. The molecule has 7 aromatic rings. The molecule has 198 valence electrons. The monoisotopic (exact) mass is 698 g/mol. The summed E-state index contributed by atoms with van der Waals surface area (Å²) in [6.45, 7) is 3.38. The van der Waals surface area contributed by atoms with E-state index in [1.165, 1.54) is 0 Å². The quantitative estimate of drug-likeness (QED) is 0.118. The predicted molar refractivity (Wildman–Crippen MR) is 161 cm³/mol. The van der Waals surface area contributed by atoms with Crippen molar-refractivity contribution in [1.29, 1.82) is 0 Å². The van der Waals surface area contributed by atoms with Crippen molar-refractivity contribution in [2.45, 2.75) is 13.8 Å². The molecule has 4 aromatic carbocycles. The Labute approximate surface area is 245 Å². The predicted octanol–water partition coefficient (Wildman–Crippen LogP) is 7.50. The maximum atomic E-state index is 9.58. The first kappa shape index (κ1) is 25.7. The summed E-state index contributed by atoms with van der Waals surface area (Å²) in [6, 6.07) is 39.7. The third-order valence-corrected chi connectivity index (χ3v) is 6.86. The summed E-state index contributed by atoms with van der Waals surface area (Å²) in [5, 5.41) is 16.9. The number of benzene rings is 4. The average molecular weight is 699 g/mol. The average Bonchev–Trinajstić information content (AvgIpc) is 3.44.